The molecule has 4 nitrogen and oxygen atoms in total. The summed E-state index contributed by atoms with van der Waals surface area (Å²) in [6, 6.07) is 0.0682. The number of hydrogen-bond donors (Lipinski definition) is 1. The molecular formula is C9H20N2O2S. The van der Waals surface area contributed by atoms with E-state index in [9.17, 15) is 8.42 Å². The zero-order chi connectivity index (χ0) is 10.8. The normalized spacial score (nSPS) is 23.6. The van der Waals surface area contributed by atoms with Crippen LogP contribution in [0, 0.1) is 5.92 Å². The highest BCUT2D eigenvalue weighted by atomic mass is 32.2. The Morgan fingerprint density at radius 3 is 2.29 bits per heavy atom. The molecule has 0 aliphatic carbocycles. The van der Waals surface area contributed by atoms with Crippen LogP contribution < -0.4 is 4.72 Å². The summed E-state index contributed by atoms with van der Waals surface area (Å²) in [5.74, 6) is 0.487. The van der Waals surface area contributed by atoms with Gasteiger partial charge in [0.05, 0.1) is 6.26 Å². The van der Waals surface area contributed by atoms with Crippen LogP contribution in [0.2, 0.25) is 0 Å². The largest absolute Gasteiger partial charge is 0.306 e. The molecule has 0 radical (unpaired) electrons. The first-order chi connectivity index (χ1) is 6.38. The lowest BCUT2D eigenvalue weighted by atomic mass is 9.91. The van der Waals surface area contributed by atoms with Crippen molar-refractivity contribution in [3.63, 3.8) is 0 Å². The third-order valence-electron chi connectivity index (χ3n) is 2.87. The van der Waals surface area contributed by atoms with E-state index in [4.69, 9.17) is 0 Å². The van der Waals surface area contributed by atoms with Crippen molar-refractivity contribution >= 4 is 10.0 Å². The van der Waals surface area contributed by atoms with Crippen LogP contribution in [0.4, 0.5) is 0 Å². The Morgan fingerprint density at radius 2 is 1.86 bits per heavy atom. The fraction of sp³-hybridized carbons (Fsp3) is 1.00. The second kappa shape index (κ2) is 4.59. The minimum Gasteiger partial charge on any atom is -0.306 e. The summed E-state index contributed by atoms with van der Waals surface area (Å²) in [5.41, 5.74) is 0. The maximum Gasteiger partial charge on any atom is 0.208 e. The molecule has 0 spiro atoms. The first kappa shape index (κ1) is 11.9. The molecule has 0 aromatic carbocycles. The van der Waals surface area contributed by atoms with Crippen molar-refractivity contribution in [2.45, 2.75) is 25.8 Å². The lowest BCUT2D eigenvalue weighted by Crippen LogP contribution is -2.42. The second-order valence-corrected chi connectivity index (χ2v) is 6.10. The molecule has 1 rings (SSSR count). The molecule has 1 heterocycles. The van der Waals surface area contributed by atoms with Gasteiger partial charge < -0.3 is 4.90 Å². The third-order valence-corrected chi connectivity index (χ3v) is 3.67. The Hall–Kier alpha value is -0.130. The van der Waals surface area contributed by atoms with Gasteiger partial charge in [0, 0.05) is 6.04 Å². The quantitative estimate of drug-likeness (QED) is 0.742. The van der Waals surface area contributed by atoms with Gasteiger partial charge in [0.2, 0.25) is 10.0 Å². The Kier molecular flexibility index (Phi) is 3.92. The van der Waals surface area contributed by atoms with E-state index < -0.39 is 10.0 Å². The summed E-state index contributed by atoms with van der Waals surface area (Å²) in [6.45, 7) is 4.10. The summed E-state index contributed by atoms with van der Waals surface area (Å²) in [5, 5.41) is 0. The highest BCUT2D eigenvalue weighted by Gasteiger charge is 2.23. The molecule has 1 atom stereocenters. The van der Waals surface area contributed by atoms with E-state index in [0.29, 0.717) is 5.92 Å². The van der Waals surface area contributed by atoms with Crippen LogP contribution in [0.1, 0.15) is 19.8 Å². The van der Waals surface area contributed by atoms with E-state index in [1.807, 2.05) is 6.92 Å². The van der Waals surface area contributed by atoms with Gasteiger partial charge in [-0.25, -0.2) is 13.1 Å². The second-order valence-electron chi connectivity index (χ2n) is 4.32. The maximum absolute atomic E-state index is 11.0. The summed E-state index contributed by atoms with van der Waals surface area (Å²) >= 11 is 0. The molecule has 5 heteroatoms. The molecule has 0 aromatic rings. The van der Waals surface area contributed by atoms with Crippen LogP contribution in [0.25, 0.3) is 0 Å². The van der Waals surface area contributed by atoms with Crippen LogP contribution in [0.3, 0.4) is 0 Å². The summed E-state index contributed by atoms with van der Waals surface area (Å²) < 4.78 is 24.7. The molecule has 0 saturated carbocycles. The van der Waals surface area contributed by atoms with Gasteiger partial charge in [-0.15, -0.1) is 0 Å². The molecule has 84 valence electrons. The Bertz CT molecular complexity index is 269. The van der Waals surface area contributed by atoms with Crippen LogP contribution in [-0.2, 0) is 10.0 Å². The number of hydrogen-bond acceptors (Lipinski definition) is 3. The first-order valence-corrected chi connectivity index (χ1v) is 6.93. The predicted molar refractivity (Wildman–Crippen MR) is 57.7 cm³/mol. The zero-order valence-corrected chi connectivity index (χ0v) is 9.97. The average molecular weight is 220 g/mol. The number of piperidine rings is 1. The molecular weight excluding hydrogens is 200 g/mol. The van der Waals surface area contributed by atoms with Crippen molar-refractivity contribution in [2.75, 3.05) is 26.4 Å². The smallest absolute Gasteiger partial charge is 0.208 e. The molecule has 0 aromatic heterocycles. The molecule has 1 saturated heterocycles. The van der Waals surface area contributed by atoms with Gasteiger partial charge in [-0.1, -0.05) is 0 Å². The standard InChI is InChI=1S/C9H20N2O2S/c1-8(10-14(3,12)13)9-4-6-11(2)7-5-9/h8-10H,4-7H2,1-3H3. The third kappa shape index (κ3) is 3.94. The van der Waals surface area contributed by atoms with Crippen molar-refractivity contribution in [1.29, 1.82) is 0 Å². The van der Waals surface area contributed by atoms with E-state index in [0.717, 1.165) is 25.9 Å². The molecule has 0 bridgehead atoms. The number of sulfonamides is 1. The highest BCUT2D eigenvalue weighted by Crippen LogP contribution is 2.19. The van der Waals surface area contributed by atoms with Crippen LogP contribution in [0.5, 0.6) is 0 Å². The van der Waals surface area contributed by atoms with Gasteiger partial charge in [-0.2, -0.15) is 0 Å². The molecule has 0 amide bonds. The molecule has 1 N–H and O–H groups in total. The maximum atomic E-state index is 11.0. The first-order valence-electron chi connectivity index (χ1n) is 5.04. The van der Waals surface area contributed by atoms with E-state index in [1.54, 1.807) is 0 Å². The minimum atomic E-state index is -3.05. The summed E-state index contributed by atoms with van der Waals surface area (Å²) in [7, 11) is -0.948. The molecule has 1 aliphatic heterocycles. The number of nitrogens with zero attached hydrogens (tertiary/aromatic N) is 1. The summed E-state index contributed by atoms with van der Waals surface area (Å²) in [6.07, 6.45) is 3.39. The van der Waals surface area contributed by atoms with E-state index in [-0.39, 0.29) is 6.04 Å². The zero-order valence-electron chi connectivity index (χ0n) is 9.16. The Balaban J connectivity index is 2.42. The SMILES string of the molecule is CC(NS(C)(=O)=O)C1CCN(C)CC1. The van der Waals surface area contributed by atoms with Crippen LogP contribution in [0.15, 0.2) is 0 Å². The lowest BCUT2D eigenvalue weighted by Gasteiger charge is -2.32. The van der Waals surface area contributed by atoms with E-state index in [2.05, 4.69) is 16.7 Å². The number of likely N-dealkylation sites (tertiary alicyclic amines) is 1. The van der Waals surface area contributed by atoms with Crippen molar-refractivity contribution in [3.8, 4) is 0 Å². The monoisotopic (exact) mass is 220 g/mol. The molecule has 1 fully saturated rings. The highest BCUT2D eigenvalue weighted by molar-refractivity contribution is 7.88. The molecule has 1 aliphatic rings. The van der Waals surface area contributed by atoms with Gasteiger partial charge in [-0.3, -0.25) is 0 Å². The van der Waals surface area contributed by atoms with E-state index in [1.165, 1.54) is 6.26 Å². The summed E-state index contributed by atoms with van der Waals surface area (Å²) in [4.78, 5) is 2.28. The number of nitrogens with one attached hydrogen (secondary N) is 1. The lowest BCUT2D eigenvalue weighted by molar-refractivity contribution is 0.198. The van der Waals surface area contributed by atoms with Crippen molar-refractivity contribution in [2.24, 2.45) is 5.92 Å². The predicted octanol–water partition coefficient (Wildman–Crippen LogP) is 0.266. The Labute approximate surface area is 86.7 Å². The van der Waals surface area contributed by atoms with Gasteiger partial charge >= 0.3 is 0 Å². The molecule has 14 heavy (non-hydrogen) atoms. The van der Waals surface area contributed by atoms with Crippen molar-refractivity contribution in [3.05, 3.63) is 0 Å². The van der Waals surface area contributed by atoms with Gasteiger partial charge in [0.25, 0.3) is 0 Å². The van der Waals surface area contributed by atoms with E-state index >= 15 is 0 Å². The van der Waals surface area contributed by atoms with Gasteiger partial charge in [-0.05, 0) is 45.8 Å². The van der Waals surface area contributed by atoms with Crippen molar-refractivity contribution < 1.29 is 8.42 Å². The molecule has 1 unspecified atom stereocenters. The topological polar surface area (TPSA) is 49.4 Å². The van der Waals surface area contributed by atoms with Crippen LogP contribution >= 0.6 is 0 Å². The number of rotatable bonds is 3. The van der Waals surface area contributed by atoms with Gasteiger partial charge in [0.15, 0.2) is 0 Å². The fourth-order valence-electron chi connectivity index (χ4n) is 1.96. The Morgan fingerprint density at radius 1 is 1.36 bits per heavy atom. The van der Waals surface area contributed by atoms with Gasteiger partial charge in [0.1, 0.15) is 0 Å². The van der Waals surface area contributed by atoms with Crippen molar-refractivity contribution in [1.82, 2.24) is 9.62 Å². The fourth-order valence-corrected chi connectivity index (χ4v) is 2.83. The minimum absolute atomic E-state index is 0.0682. The van der Waals surface area contributed by atoms with Crippen LogP contribution in [-0.4, -0.2) is 45.8 Å². The average Bonchev–Trinajstić information content (AvgIpc) is 2.02.